The Morgan fingerprint density at radius 3 is 3.00 bits per heavy atom. The predicted molar refractivity (Wildman–Crippen MR) is 74.1 cm³/mol. The summed E-state index contributed by atoms with van der Waals surface area (Å²) >= 11 is 0. The van der Waals surface area contributed by atoms with Gasteiger partial charge in [0.05, 0.1) is 18.1 Å². The summed E-state index contributed by atoms with van der Waals surface area (Å²) in [7, 11) is 2.12. The van der Waals surface area contributed by atoms with Crippen molar-refractivity contribution in [3.8, 4) is 11.8 Å². The minimum Gasteiger partial charge on any atom is -0.493 e. The lowest BCUT2D eigenvalue weighted by atomic mass is 10.1. The van der Waals surface area contributed by atoms with E-state index in [1.54, 1.807) is 0 Å². The first-order chi connectivity index (χ1) is 9.21. The summed E-state index contributed by atoms with van der Waals surface area (Å²) in [5.74, 6) is 1.05. The number of nitrogens with zero attached hydrogens (tertiary/aromatic N) is 2. The van der Waals surface area contributed by atoms with Gasteiger partial charge in [-0.15, -0.1) is 0 Å². The Balaban J connectivity index is 1.53. The molecule has 1 aliphatic heterocycles. The van der Waals surface area contributed by atoms with Crippen molar-refractivity contribution in [3.63, 3.8) is 0 Å². The quantitative estimate of drug-likeness (QED) is 0.811. The van der Waals surface area contributed by atoms with E-state index in [0.29, 0.717) is 0 Å². The Bertz CT molecular complexity index is 514. The molecule has 1 fully saturated rings. The topological polar surface area (TPSA) is 36.3 Å². The van der Waals surface area contributed by atoms with E-state index < -0.39 is 0 Å². The van der Waals surface area contributed by atoms with Crippen LogP contribution in [0.5, 0.6) is 5.75 Å². The lowest BCUT2D eigenvalue weighted by molar-refractivity contribution is 0.297. The zero-order valence-electron chi connectivity index (χ0n) is 11.5. The van der Waals surface area contributed by atoms with Crippen LogP contribution in [0.4, 0.5) is 0 Å². The fourth-order valence-corrected chi connectivity index (χ4v) is 2.77. The monoisotopic (exact) mass is 256 g/mol. The minimum atomic E-state index is -0.0273. The molecule has 100 valence electrons. The van der Waals surface area contributed by atoms with Gasteiger partial charge in [-0.2, -0.15) is 5.26 Å². The largest absolute Gasteiger partial charge is 0.493 e. The summed E-state index contributed by atoms with van der Waals surface area (Å²) in [6.07, 6.45) is 4.23. The molecule has 0 spiro atoms. The molecule has 3 nitrogen and oxygen atoms in total. The fourth-order valence-electron chi connectivity index (χ4n) is 2.77. The van der Waals surface area contributed by atoms with E-state index in [0.717, 1.165) is 51.1 Å². The van der Waals surface area contributed by atoms with Gasteiger partial charge in [0.15, 0.2) is 0 Å². The molecular weight excluding hydrogens is 236 g/mol. The second kappa shape index (κ2) is 4.86. The number of likely N-dealkylation sites (N-methyl/N-ethyl adjacent to an activating group) is 1. The maximum atomic E-state index is 9.11. The summed E-state index contributed by atoms with van der Waals surface area (Å²) in [5.41, 5.74) is 2.69. The van der Waals surface area contributed by atoms with Crippen LogP contribution < -0.4 is 4.74 Å². The number of ether oxygens (including phenoxy) is 1. The molecule has 0 radical (unpaired) electrons. The third kappa shape index (κ3) is 2.74. The van der Waals surface area contributed by atoms with Gasteiger partial charge in [-0.05, 0) is 43.5 Å². The average molecular weight is 256 g/mol. The molecule has 0 atom stereocenters. The molecule has 1 heterocycles. The molecule has 0 amide bonds. The lowest BCUT2D eigenvalue weighted by Gasteiger charge is -2.19. The van der Waals surface area contributed by atoms with Gasteiger partial charge in [-0.25, -0.2) is 0 Å². The normalized spacial score (nSPS) is 18.8. The van der Waals surface area contributed by atoms with Crippen LogP contribution in [0, 0.1) is 16.7 Å². The molecule has 2 aliphatic rings. The van der Waals surface area contributed by atoms with Crippen LogP contribution in [0.1, 0.15) is 24.0 Å². The molecule has 3 rings (SSSR count). The van der Waals surface area contributed by atoms with E-state index in [1.165, 1.54) is 11.1 Å². The summed E-state index contributed by atoms with van der Waals surface area (Å²) < 4.78 is 5.52. The molecule has 1 aliphatic carbocycles. The molecule has 1 saturated carbocycles. The maximum Gasteiger partial charge on any atom is 0.122 e. The van der Waals surface area contributed by atoms with E-state index >= 15 is 0 Å². The summed E-state index contributed by atoms with van der Waals surface area (Å²) in [6.45, 7) is 2.75. The van der Waals surface area contributed by atoms with E-state index in [-0.39, 0.29) is 5.41 Å². The van der Waals surface area contributed by atoms with Crippen LogP contribution in [0.2, 0.25) is 0 Å². The van der Waals surface area contributed by atoms with Gasteiger partial charge < -0.3 is 9.64 Å². The van der Waals surface area contributed by atoms with Gasteiger partial charge in [0, 0.05) is 19.5 Å². The molecule has 1 aromatic carbocycles. The van der Waals surface area contributed by atoms with Crippen molar-refractivity contribution in [3.05, 3.63) is 29.3 Å². The summed E-state index contributed by atoms with van der Waals surface area (Å²) in [4.78, 5) is 2.29. The zero-order valence-corrected chi connectivity index (χ0v) is 11.5. The second-order valence-corrected chi connectivity index (χ2v) is 5.92. The zero-order chi connectivity index (χ0) is 13.3. The van der Waals surface area contributed by atoms with Crippen LogP contribution in [-0.4, -0.2) is 31.6 Å². The van der Waals surface area contributed by atoms with Crippen LogP contribution in [-0.2, 0) is 12.8 Å². The van der Waals surface area contributed by atoms with Crippen molar-refractivity contribution in [1.82, 2.24) is 4.90 Å². The van der Waals surface area contributed by atoms with E-state index in [1.807, 2.05) is 0 Å². The first-order valence-electron chi connectivity index (χ1n) is 7.05. The van der Waals surface area contributed by atoms with Gasteiger partial charge >= 0.3 is 0 Å². The Kier molecular flexibility index (Phi) is 3.20. The third-order valence-corrected chi connectivity index (χ3v) is 4.20. The first-order valence-corrected chi connectivity index (χ1v) is 7.05. The van der Waals surface area contributed by atoms with Crippen molar-refractivity contribution < 1.29 is 4.74 Å². The molecule has 0 aromatic heterocycles. The van der Waals surface area contributed by atoms with Crippen molar-refractivity contribution in [2.75, 3.05) is 26.7 Å². The highest BCUT2D eigenvalue weighted by atomic mass is 16.5. The van der Waals surface area contributed by atoms with Crippen LogP contribution in [0.3, 0.4) is 0 Å². The molecule has 0 unspecified atom stereocenters. The highest BCUT2D eigenvalue weighted by Gasteiger charge is 2.43. The van der Waals surface area contributed by atoms with Gasteiger partial charge in [-0.3, -0.25) is 0 Å². The molecule has 1 aromatic rings. The Morgan fingerprint density at radius 1 is 1.42 bits per heavy atom. The van der Waals surface area contributed by atoms with Crippen LogP contribution >= 0.6 is 0 Å². The van der Waals surface area contributed by atoms with Crippen molar-refractivity contribution in [1.29, 1.82) is 5.26 Å². The van der Waals surface area contributed by atoms with Gasteiger partial charge in [-0.1, -0.05) is 12.1 Å². The number of rotatable bonds is 5. The van der Waals surface area contributed by atoms with Gasteiger partial charge in [0.1, 0.15) is 5.75 Å². The Morgan fingerprint density at radius 2 is 2.26 bits per heavy atom. The lowest BCUT2D eigenvalue weighted by Crippen LogP contribution is -2.28. The second-order valence-electron chi connectivity index (χ2n) is 5.92. The van der Waals surface area contributed by atoms with Gasteiger partial charge in [0.2, 0.25) is 0 Å². The van der Waals surface area contributed by atoms with E-state index in [4.69, 9.17) is 10.00 Å². The standard InChI is InChI=1S/C16H20N2O/c1-18(12-16(11-17)6-7-16)8-4-13-2-3-15-14(10-13)5-9-19-15/h2-3,10H,4-9,12H2,1H3. The number of nitriles is 1. The minimum absolute atomic E-state index is 0.0273. The highest BCUT2D eigenvalue weighted by molar-refractivity contribution is 5.39. The summed E-state index contributed by atoms with van der Waals surface area (Å²) in [6, 6.07) is 8.98. The van der Waals surface area contributed by atoms with Crippen molar-refractivity contribution in [2.24, 2.45) is 5.41 Å². The SMILES string of the molecule is CN(CCc1ccc2c(c1)CCO2)CC1(C#N)CC1. The number of fused-ring (bicyclic) bond motifs is 1. The Hall–Kier alpha value is -1.53. The van der Waals surface area contributed by atoms with Crippen molar-refractivity contribution >= 4 is 0 Å². The van der Waals surface area contributed by atoms with E-state index in [2.05, 4.69) is 36.2 Å². The first kappa shape index (κ1) is 12.5. The van der Waals surface area contributed by atoms with Crippen LogP contribution in [0.15, 0.2) is 18.2 Å². The summed E-state index contributed by atoms with van der Waals surface area (Å²) in [5, 5.41) is 9.11. The molecule has 3 heteroatoms. The molecule has 19 heavy (non-hydrogen) atoms. The van der Waals surface area contributed by atoms with Crippen LogP contribution in [0.25, 0.3) is 0 Å². The molecule has 0 saturated heterocycles. The fraction of sp³-hybridized carbons (Fsp3) is 0.562. The average Bonchev–Trinajstić information content (AvgIpc) is 3.03. The number of hydrogen-bond donors (Lipinski definition) is 0. The highest BCUT2D eigenvalue weighted by Crippen LogP contribution is 2.45. The van der Waals surface area contributed by atoms with Crippen molar-refractivity contribution in [2.45, 2.75) is 25.7 Å². The molecule has 0 bridgehead atoms. The van der Waals surface area contributed by atoms with E-state index in [9.17, 15) is 0 Å². The maximum absolute atomic E-state index is 9.11. The van der Waals surface area contributed by atoms with Gasteiger partial charge in [0.25, 0.3) is 0 Å². The third-order valence-electron chi connectivity index (χ3n) is 4.20. The molecule has 0 N–H and O–H groups in total. The smallest absolute Gasteiger partial charge is 0.122 e. The number of benzene rings is 1. The Labute approximate surface area is 114 Å². The predicted octanol–water partition coefficient (Wildman–Crippen LogP) is 2.40. The number of hydrogen-bond acceptors (Lipinski definition) is 3. The molecular formula is C16H20N2O.